The van der Waals surface area contributed by atoms with E-state index in [0.29, 0.717) is 0 Å². The highest BCUT2D eigenvalue weighted by Gasteiger charge is 2.52. The van der Waals surface area contributed by atoms with Crippen molar-refractivity contribution in [1.29, 1.82) is 0 Å². The van der Waals surface area contributed by atoms with Crippen LogP contribution in [0.2, 0.25) is 0 Å². The summed E-state index contributed by atoms with van der Waals surface area (Å²) in [5.74, 6) is 0. The quantitative estimate of drug-likeness (QED) is 0.169. The lowest BCUT2D eigenvalue weighted by molar-refractivity contribution is -0.329. The number of aliphatic hydroxyl groups is 6. The molecule has 0 aromatic heterocycles. The van der Waals surface area contributed by atoms with Crippen LogP contribution in [0.3, 0.4) is 0 Å². The Hall–Kier alpha value is -0.560. The monoisotopic (exact) mass is 482 g/mol. The van der Waals surface area contributed by atoms with Crippen molar-refractivity contribution in [3.8, 4) is 0 Å². The molecular formula is C19H38N4O10. The Morgan fingerprint density at radius 2 is 1.48 bits per heavy atom. The van der Waals surface area contributed by atoms with Gasteiger partial charge < -0.3 is 72.1 Å². The van der Waals surface area contributed by atoms with E-state index < -0.39 is 85.1 Å². The smallest absolute Gasteiger partial charge is 0.187 e. The largest absolute Gasteiger partial charge is 0.388 e. The molecule has 33 heavy (non-hydrogen) atoms. The van der Waals surface area contributed by atoms with E-state index in [1.54, 1.807) is 7.05 Å². The minimum atomic E-state index is -1.63. The van der Waals surface area contributed by atoms with Crippen molar-refractivity contribution in [1.82, 2.24) is 5.32 Å². The van der Waals surface area contributed by atoms with Gasteiger partial charge in [0.1, 0.15) is 54.4 Å². The van der Waals surface area contributed by atoms with E-state index in [2.05, 4.69) is 5.32 Å². The summed E-state index contributed by atoms with van der Waals surface area (Å²) in [6.07, 6.45) is -13.0. The van der Waals surface area contributed by atoms with Gasteiger partial charge in [-0.25, -0.2) is 0 Å². The van der Waals surface area contributed by atoms with E-state index in [4.69, 9.17) is 36.1 Å². The third-order valence-corrected chi connectivity index (χ3v) is 6.69. The second-order valence-corrected chi connectivity index (χ2v) is 9.30. The highest BCUT2D eigenvalue weighted by atomic mass is 16.7. The summed E-state index contributed by atoms with van der Waals surface area (Å²) in [7, 11) is 1.57. The van der Waals surface area contributed by atoms with Crippen molar-refractivity contribution >= 4 is 0 Å². The Labute approximate surface area is 191 Å². The van der Waals surface area contributed by atoms with Crippen LogP contribution in [0.25, 0.3) is 0 Å². The van der Waals surface area contributed by atoms with Crippen LogP contribution in [0.4, 0.5) is 0 Å². The minimum absolute atomic E-state index is 0.138. The molecule has 5 unspecified atom stereocenters. The van der Waals surface area contributed by atoms with Crippen molar-refractivity contribution in [2.45, 2.75) is 98.5 Å². The van der Waals surface area contributed by atoms with E-state index in [0.717, 1.165) is 0 Å². The van der Waals surface area contributed by atoms with Crippen molar-refractivity contribution in [2.75, 3.05) is 20.2 Å². The van der Waals surface area contributed by atoms with E-state index in [-0.39, 0.29) is 19.6 Å². The van der Waals surface area contributed by atoms with E-state index in [1.165, 1.54) is 6.92 Å². The lowest BCUT2D eigenvalue weighted by Gasteiger charge is -2.48. The normalized spacial score (nSPS) is 53.7. The van der Waals surface area contributed by atoms with Gasteiger partial charge in [0, 0.05) is 18.6 Å². The zero-order valence-electron chi connectivity index (χ0n) is 18.7. The summed E-state index contributed by atoms with van der Waals surface area (Å²) >= 11 is 0. The van der Waals surface area contributed by atoms with Gasteiger partial charge in [-0.1, -0.05) is 0 Å². The SMILES string of the molecule is CN[C@@H]1[C@@H](O)[C@@H](OC2C(N)CC(N)C(O[C@H]3O[C@H](CN)[C@@H](O)[C@H](O)[C@H]3O)C2O)OC[C@@]1(C)O. The summed E-state index contributed by atoms with van der Waals surface area (Å²) in [5, 5.41) is 65.2. The predicted octanol–water partition coefficient (Wildman–Crippen LogP) is -6.00. The standard InChI is InChI=1S/C19H38N4O10/c1-19(29)5-30-17(13(28)16(19)23-2)32-14-6(21)3-7(22)15(12(14)27)33-18-11(26)10(25)9(24)8(4-20)31-18/h6-18,23-29H,3-5,20-22H2,1-2H3/t6?,7?,8-,9-,10+,11-,12?,13-,14?,15?,16-,17-,18-,19-/m1/s1. The zero-order valence-corrected chi connectivity index (χ0v) is 18.7. The van der Waals surface area contributed by atoms with Crippen LogP contribution >= 0.6 is 0 Å². The summed E-state index contributed by atoms with van der Waals surface area (Å²) < 4.78 is 22.5. The number of likely N-dealkylation sites (N-methyl/N-ethyl adjacent to an activating group) is 1. The summed E-state index contributed by atoms with van der Waals surface area (Å²) in [4.78, 5) is 0. The third kappa shape index (κ3) is 5.34. The Morgan fingerprint density at radius 1 is 0.909 bits per heavy atom. The van der Waals surface area contributed by atoms with Crippen LogP contribution in [0.5, 0.6) is 0 Å². The lowest BCUT2D eigenvalue weighted by Crippen LogP contribution is -2.69. The highest BCUT2D eigenvalue weighted by molar-refractivity contribution is 5.02. The predicted molar refractivity (Wildman–Crippen MR) is 111 cm³/mol. The molecule has 0 bridgehead atoms. The maximum atomic E-state index is 11.0. The van der Waals surface area contributed by atoms with Gasteiger partial charge in [-0.2, -0.15) is 0 Å². The summed E-state index contributed by atoms with van der Waals surface area (Å²) in [5.41, 5.74) is 16.5. The number of rotatable bonds is 6. The summed E-state index contributed by atoms with van der Waals surface area (Å²) in [6.45, 7) is 1.22. The molecule has 14 heteroatoms. The molecular weight excluding hydrogens is 444 g/mol. The molecule has 3 rings (SSSR count). The second kappa shape index (κ2) is 10.6. The molecule has 0 aromatic carbocycles. The molecule has 0 radical (unpaired) electrons. The maximum absolute atomic E-state index is 11.0. The molecule has 13 N–H and O–H groups in total. The van der Waals surface area contributed by atoms with Crippen LogP contribution in [0, 0.1) is 0 Å². The number of aliphatic hydroxyl groups excluding tert-OH is 5. The van der Waals surface area contributed by atoms with Crippen LogP contribution in [-0.4, -0.2) is 136 Å². The van der Waals surface area contributed by atoms with Gasteiger partial charge in [0.05, 0.1) is 12.6 Å². The molecule has 3 fully saturated rings. The number of nitrogens with one attached hydrogen (secondary N) is 1. The Bertz CT molecular complexity index is 646. The fourth-order valence-corrected chi connectivity index (χ4v) is 4.74. The first kappa shape index (κ1) is 27.0. The van der Waals surface area contributed by atoms with Gasteiger partial charge in [-0.05, 0) is 20.4 Å². The average molecular weight is 483 g/mol. The fourth-order valence-electron chi connectivity index (χ4n) is 4.74. The van der Waals surface area contributed by atoms with Gasteiger partial charge in [0.25, 0.3) is 0 Å². The molecule has 2 heterocycles. The Balaban J connectivity index is 1.71. The van der Waals surface area contributed by atoms with E-state index in [9.17, 15) is 30.6 Å². The van der Waals surface area contributed by atoms with Crippen LogP contribution in [0.15, 0.2) is 0 Å². The molecule has 1 saturated carbocycles. The first-order valence-corrected chi connectivity index (χ1v) is 11.0. The molecule has 3 aliphatic rings. The second-order valence-electron chi connectivity index (χ2n) is 9.30. The topological polar surface area (TPSA) is 248 Å². The average Bonchev–Trinajstić information content (AvgIpc) is 2.75. The zero-order chi connectivity index (χ0) is 24.7. The van der Waals surface area contributed by atoms with Gasteiger partial charge in [0.15, 0.2) is 12.6 Å². The first-order valence-electron chi connectivity index (χ1n) is 11.0. The molecule has 2 saturated heterocycles. The fraction of sp³-hybridized carbons (Fsp3) is 1.00. The number of hydrogen-bond acceptors (Lipinski definition) is 14. The van der Waals surface area contributed by atoms with Gasteiger partial charge in [0.2, 0.25) is 0 Å². The number of ether oxygens (including phenoxy) is 4. The maximum Gasteiger partial charge on any atom is 0.187 e. The Morgan fingerprint density at radius 3 is 2.03 bits per heavy atom. The van der Waals surface area contributed by atoms with Crippen LogP contribution in [0.1, 0.15) is 13.3 Å². The molecule has 14 nitrogen and oxygen atoms in total. The molecule has 0 aromatic rings. The van der Waals surface area contributed by atoms with Crippen molar-refractivity contribution in [2.24, 2.45) is 17.2 Å². The molecule has 2 aliphatic heterocycles. The molecule has 194 valence electrons. The van der Waals surface area contributed by atoms with Crippen molar-refractivity contribution in [3.63, 3.8) is 0 Å². The minimum Gasteiger partial charge on any atom is -0.388 e. The molecule has 1 aliphatic carbocycles. The molecule has 0 amide bonds. The van der Waals surface area contributed by atoms with E-state index >= 15 is 0 Å². The summed E-state index contributed by atoms with van der Waals surface area (Å²) in [6, 6.07) is -2.30. The van der Waals surface area contributed by atoms with Gasteiger partial charge in [-0.15, -0.1) is 0 Å². The van der Waals surface area contributed by atoms with Gasteiger partial charge >= 0.3 is 0 Å². The number of hydrogen-bond donors (Lipinski definition) is 10. The van der Waals surface area contributed by atoms with Crippen LogP contribution in [-0.2, 0) is 18.9 Å². The highest BCUT2D eigenvalue weighted by Crippen LogP contribution is 2.31. The first-order chi connectivity index (χ1) is 15.4. The van der Waals surface area contributed by atoms with Crippen molar-refractivity contribution in [3.05, 3.63) is 0 Å². The van der Waals surface area contributed by atoms with Gasteiger partial charge in [-0.3, -0.25) is 0 Å². The lowest BCUT2D eigenvalue weighted by atomic mass is 9.84. The third-order valence-electron chi connectivity index (χ3n) is 6.69. The molecule has 0 spiro atoms. The number of nitrogens with two attached hydrogens (primary N) is 3. The van der Waals surface area contributed by atoms with Crippen LogP contribution < -0.4 is 22.5 Å². The van der Waals surface area contributed by atoms with Crippen molar-refractivity contribution < 1.29 is 49.6 Å². The molecule has 14 atom stereocenters. The van der Waals surface area contributed by atoms with E-state index in [1.807, 2.05) is 0 Å². The Kier molecular flexibility index (Phi) is 8.68.